The third-order valence-corrected chi connectivity index (χ3v) is 9.15. The number of carbonyl (C=O) groups is 4. The number of para-hydroxylation sites is 1. The summed E-state index contributed by atoms with van der Waals surface area (Å²) in [5, 5.41) is 4.06. The minimum atomic E-state index is -0.818. The van der Waals surface area contributed by atoms with Crippen molar-refractivity contribution in [3.63, 3.8) is 0 Å². The van der Waals surface area contributed by atoms with Gasteiger partial charge in [-0.05, 0) is 65.0 Å². The van der Waals surface area contributed by atoms with Crippen LogP contribution in [0.2, 0.25) is 0 Å². The van der Waals surface area contributed by atoms with Crippen LogP contribution in [0, 0.1) is 12.8 Å². The first-order valence-corrected chi connectivity index (χ1v) is 16.2. The van der Waals surface area contributed by atoms with Crippen LogP contribution in [-0.2, 0) is 25.6 Å². The monoisotopic (exact) mass is 625 g/mol. The highest BCUT2D eigenvalue weighted by Crippen LogP contribution is 2.29. The molecule has 2 heterocycles. The molecule has 2 aliphatic rings. The summed E-state index contributed by atoms with van der Waals surface area (Å²) in [5.74, 6) is -0.545. The number of methoxy groups -OCH3 is 1. The van der Waals surface area contributed by atoms with Crippen molar-refractivity contribution >= 4 is 34.7 Å². The Morgan fingerprint density at radius 1 is 1.00 bits per heavy atom. The minimum Gasteiger partial charge on any atom is -0.444 e. The third kappa shape index (κ3) is 7.98. The summed E-state index contributed by atoms with van der Waals surface area (Å²) in [6.07, 6.45) is 4.26. The van der Waals surface area contributed by atoms with Gasteiger partial charge >= 0.3 is 6.09 Å². The molecule has 1 saturated carbocycles. The van der Waals surface area contributed by atoms with Crippen molar-refractivity contribution in [2.24, 2.45) is 5.92 Å². The number of ether oxygens (including phenoxy) is 2. The van der Waals surface area contributed by atoms with Gasteiger partial charge in [0, 0.05) is 57.8 Å². The van der Waals surface area contributed by atoms with Gasteiger partial charge < -0.3 is 29.2 Å². The summed E-state index contributed by atoms with van der Waals surface area (Å²) in [4.78, 5) is 58.8. The lowest BCUT2D eigenvalue weighted by molar-refractivity contribution is -0.140. The van der Waals surface area contributed by atoms with Crippen molar-refractivity contribution in [1.82, 2.24) is 24.6 Å². The summed E-state index contributed by atoms with van der Waals surface area (Å²) in [6.45, 7) is 11.6. The molecule has 248 valence electrons. The predicted molar refractivity (Wildman–Crippen MR) is 173 cm³/mol. The van der Waals surface area contributed by atoms with Crippen LogP contribution >= 0.6 is 0 Å². The normalized spacial score (nSPS) is 17.6. The molecule has 4 amide bonds. The lowest BCUT2D eigenvalue weighted by Crippen LogP contribution is -2.60. The maximum absolute atomic E-state index is 14.0. The summed E-state index contributed by atoms with van der Waals surface area (Å²) >= 11 is 0. The maximum atomic E-state index is 14.0. The Kier molecular flexibility index (Phi) is 11.2. The Morgan fingerprint density at radius 3 is 2.24 bits per heavy atom. The van der Waals surface area contributed by atoms with E-state index in [9.17, 15) is 19.2 Å². The molecule has 1 aliphatic carbocycles. The molecule has 2 atom stereocenters. The quantitative estimate of drug-likeness (QED) is 0.447. The smallest absolute Gasteiger partial charge is 0.410 e. The summed E-state index contributed by atoms with van der Waals surface area (Å²) in [7, 11) is 3.18. The van der Waals surface area contributed by atoms with Gasteiger partial charge in [0.05, 0.1) is 6.61 Å². The van der Waals surface area contributed by atoms with Crippen molar-refractivity contribution in [3.8, 4) is 0 Å². The zero-order valence-corrected chi connectivity index (χ0v) is 28.1. The molecule has 0 radical (unpaired) electrons. The number of benzene rings is 1. The molecule has 45 heavy (non-hydrogen) atoms. The van der Waals surface area contributed by atoms with Gasteiger partial charge in [0.25, 0.3) is 5.91 Å². The Hall–Kier alpha value is -3.60. The molecule has 1 saturated heterocycles. The number of carbonyl (C=O) groups excluding carboxylic acids is 4. The molecule has 11 nitrogen and oxygen atoms in total. The number of likely N-dealkylation sites (N-methyl/N-ethyl adjacent to an activating group) is 1. The molecule has 4 rings (SSSR count). The van der Waals surface area contributed by atoms with Crippen LogP contribution in [0.5, 0.6) is 0 Å². The topological polar surface area (TPSA) is 113 Å². The van der Waals surface area contributed by atoms with E-state index in [0.29, 0.717) is 45.0 Å². The molecule has 2 aromatic rings. The van der Waals surface area contributed by atoms with Crippen LogP contribution in [0.25, 0.3) is 10.9 Å². The van der Waals surface area contributed by atoms with Crippen LogP contribution in [0.3, 0.4) is 0 Å². The fourth-order valence-electron chi connectivity index (χ4n) is 6.43. The number of nitrogens with one attached hydrogen (secondary N) is 1. The Bertz CT molecular complexity index is 1370. The minimum absolute atomic E-state index is 0.0213. The molecular weight excluding hydrogens is 574 g/mol. The molecule has 2 fully saturated rings. The first-order valence-electron chi connectivity index (χ1n) is 16.2. The van der Waals surface area contributed by atoms with Gasteiger partial charge in [0.1, 0.15) is 23.4 Å². The molecular formula is C34H51N5O6. The largest absolute Gasteiger partial charge is 0.444 e. The van der Waals surface area contributed by atoms with Gasteiger partial charge in [-0.3, -0.25) is 19.3 Å². The lowest BCUT2D eigenvalue weighted by Gasteiger charge is -2.39. The highest BCUT2D eigenvalue weighted by Gasteiger charge is 2.38. The van der Waals surface area contributed by atoms with Crippen molar-refractivity contribution in [3.05, 3.63) is 35.5 Å². The van der Waals surface area contributed by atoms with Gasteiger partial charge in [-0.25, -0.2) is 4.79 Å². The molecule has 1 aliphatic heterocycles. The van der Waals surface area contributed by atoms with E-state index in [4.69, 9.17) is 9.47 Å². The second-order valence-corrected chi connectivity index (χ2v) is 13.4. The van der Waals surface area contributed by atoms with Crippen LogP contribution in [0.15, 0.2) is 24.3 Å². The van der Waals surface area contributed by atoms with Crippen molar-refractivity contribution in [1.29, 1.82) is 0 Å². The predicted octanol–water partition coefficient (Wildman–Crippen LogP) is 4.20. The molecule has 1 aromatic carbocycles. The van der Waals surface area contributed by atoms with Gasteiger partial charge in [-0.2, -0.15) is 0 Å². The molecule has 0 bridgehead atoms. The van der Waals surface area contributed by atoms with E-state index in [1.165, 1.54) is 11.9 Å². The van der Waals surface area contributed by atoms with Gasteiger partial charge in [0.15, 0.2) is 0 Å². The van der Waals surface area contributed by atoms with E-state index in [1.54, 1.807) is 39.7 Å². The van der Waals surface area contributed by atoms with E-state index in [2.05, 4.69) is 5.32 Å². The number of nitrogens with zero attached hydrogens (tertiary/aromatic N) is 4. The fraction of sp³-hybridized carbons (Fsp3) is 0.647. The zero-order chi connectivity index (χ0) is 32.9. The number of aryl methyl sites for hydroxylation is 1. The molecule has 1 N–H and O–H groups in total. The summed E-state index contributed by atoms with van der Waals surface area (Å²) < 4.78 is 12.8. The molecule has 11 heteroatoms. The first-order chi connectivity index (χ1) is 21.3. The van der Waals surface area contributed by atoms with Gasteiger partial charge in [-0.1, -0.05) is 37.5 Å². The zero-order valence-electron chi connectivity index (χ0n) is 28.1. The fourth-order valence-corrected chi connectivity index (χ4v) is 6.43. The van der Waals surface area contributed by atoms with E-state index in [-0.39, 0.29) is 23.6 Å². The number of amides is 4. The molecule has 1 aromatic heterocycles. The highest BCUT2D eigenvalue weighted by molar-refractivity contribution is 6.02. The third-order valence-electron chi connectivity index (χ3n) is 9.15. The van der Waals surface area contributed by atoms with Crippen LogP contribution in [-0.4, -0.2) is 108 Å². The van der Waals surface area contributed by atoms with Gasteiger partial charge in [-0.15, -0.1) is 0 Å². The Morgan fingerprint density at radius 2 is 1.62 bits per heavy atom. The van der Waals surface area contributed by atoms with Crippen LogP contribution in [0.4, 0.5) is 4.79 Å². The molecule has 0 spiro atoms. The number of hydrogen-bond donors (Lipinski definition) is 1. The Balaban J connectivity index is 1.46. The number of fused-ring (bicyclic) bond motifs is 1. The van der Waals surface area contributed by atoms with Crippen molar-refractivity contribution in [2.75, 3.05) is 46.9 Å². The van der Waals surface area contributed by atoms with Gasteiger partial charge in [0.2, 0.25) is 11.8 Å². The van der Waals surface area contributed by atoms with Crippen LogP contribution < -0.4 is 5.32 Å². The maximum Gasteiger partial charge on any atom is 0.410 e. The number of hydrogen-bond acceptors (Lipinski definition) is 6. The first kappa shape index (κ1) is 34.3. The van der Waals surface area contributed by atoms with E-state index >= 15 is 0 Å². The standard InChI is InChI=1S/C34H51N5O6/c1-23-26-15-11-12-16-27(26)39(21-22-44-7)29(23)32(42)38-19-17-37(18-20-38)31(41)28(25-13-9-8-10-14-25)35-30(40)24(2)36(6)33(43)45-34(3,4)5/h11-12,15-16,24-25,28H,8-10,13-14,17-22H2,1-7H3,(H,35,40)/t24-,28-/m0/s1. The van der Waals surface area contributed by atoms with E-state index < -0.39 is 23.8 Å². The average Bonchev–Trinajstić information content (AvgIpc) is 3.31. The number of rotatable bonds is 9. The summed E-state index contributed by atoms with van der Waals surface area (Å²) in [6, 6.07) is 6.51. The van der Waals surface area contributed by atoms with Crippen molar-refractivity contribution in [2.45, 2.75) is 91.0 Å². The lowest BCUT2D eigenvalue weighted by atomic mass is 9.83. The van der Waals surface area contributed by atoms with Crippen LogP contribution in [0.1, 0.15) is 75.9 Å². The summed E-state index contributed by atoms with van der Waals surface area (Å²) in [5.41, 5.74) is 1.91. The second-order valence-electron chi connectivity index (χ2n) is 13.4. The molecule has 0 unspecified atom stereocenters. The highest BCUT2D eigenvalue weighted by atomic mass is 16.6. The van der Waals surface area contributed by atoms with E-state index in [1.807, 2.05) is 40.7 Å². The number of piperazine rings is 1. The second kappa shape index (κ2) is 14.7. The number of aromatic nitrogens is 1. The SMILES string of the molecule is COCCn1c(C(=O)N2CCN(C(=O)[C@@H](NC(=O)[C@H](C)N(C)C(=O)OC(C)(C)C)C3CCCCC3)CC2)c(C)c2ccccc21. The average molecular weight is 626 g/mol. The van der Waals surface area contributed by atoms with E-state index in [0.717, 1.165) is 48.6 Å². The van der Waals surface area contributed by atoms with Crippen molar-refractivity contribution < 1.29 is 28.7 Å². The Labute approximate surface area is 267 Å².